The molecule has 26 heavy (non-hydrogen) atoms. The van der Waals surface area contributed by atoms with Crippen LogP contribution in [-0.2, 0) is 10.0 Å². The van der Waals surface area contributed by atoms with Gasteiger partial charge in [0.1, 0.15) is 5.69 Å². The number of benzene rings is 1. The van der Waals surface area contributed by atoms with Crippen LogP contribution in [-0.4, -0.2) is 44.9 Å². The SMILES string of the molecule is COc1ccc(-c2cc([C@@H]3CCCCCN3S(C)(=O)=O)no2)cc1OC. The van der Waals surface area contributed by atoms with Gasteiger partial charge in [0.25, 0.3) is 0 Å². The van der Waals surface area contributed by atoms with E-state index >= 15 is 0 Å². The van der Waals surface area contributed by atoms with Crippen molar-refractivity contribution >= 4 is 10.0 Å². The van der Waals surface area contributed by atoms with Gasteiger partial charge < -0.3 is 14.0 Å². The van der Waals surface area contributed by atoms with Crippen LogP contribution < -0.4 is 9.47 Å². The molecule has 0 radical (unpaired) electrons. The van der Waals surface area contributed by atoms with Gasteiger partial charge in [-0.25, -0.2) is 8.42 Å². The Hall–Kier alpha value is -2.06. The lowest BCUT2D eigenvalue weighted by Crippen LogP contribution is -2.34. The minimum absolute atomic E-state index is 0.287. The molecule has 1 aromatic heterocycles. The van der Waals surface area contributed by atoms with E-state index in [1.54, 1.807) is 20.3 Å². The summed E-state index contributed by atoms with van der Waals surface area (Å²) in [6.45, 7) is 0.516. The molecule has 0 bridgehead atoms. The van der Waals surface area contributed by atoms with Crippen molar-refractivity contribution in [1.29, 1.82) is 0 Å². The number of methoxy groups -OCH3 is 2. The lowest BCUT2D eigenvalue weighted by atomic mass is 10.1. The molecule has 0 aliphatic carbocycles. The Morgan fingerprint density at radius 3 is 2.58 bits per heavy atom. The molecule has 0 spiro atoms. The Kier molecular flexibility index (Phi) is 5.52. The molecule has 1 aliphatic heterocycles. The molecule has 7 nitrogen and oxygen atoms in total. The highest BCUT2D eigenvalue weighted by molar-refractivity contribution is 7.88. The van der Waals surface area contributed by atoms with E-state index in [0.717, 1.165) is 31.2 Å². The number of sulfonamides is 1. The molecule has 0 amide bonds. The topological polar surface area (TPSA) is 81.9 Å². The Balaban J connectivity index is 1.93. The highest BCUT2D eigenvalue weighted by atomic mass is 32.2. The average molecular weight is 380 g/mol. The van der Waals surface area contributed by atoms with Crippen LogP contribution in [0.2, 0.25) is 0 Å². The van der Waals surface area contributed by atoms with Crippen molar-refractivity contribution in [2.24, 2.45) is 0 Å². The van der Waals surface area contributed by atoms with Crippen LogP contribution in [0.3, 0.4) is 0 Å². The van der Waals surface area contributed by atoms with Crippen molar-refractivity contribution < 1.29 is 22.4 Å². The van der Waals surface area contributed by atoms with Gasteiger partial charge in [0.2, 0.25) is 10.0 Å². The smallest absolute Gasteiger partial charge is 0.211 e. The van der Waals surface area contributed by atoms with Crippen LogP contribution in [0.15, 0.2) is 28.8 Å². The lowest BCUT2D eigenvalue weighted by molar-refractivity contribution is 0.310. The van der Waals surface area contributed by atoms with E-state index in [4.69, 9.17) is 14.0 Å². The number of hydrogen-bond donors (Lipinski definition) is 0. The first kappa shape index (κ1) is 18.7. The van der Waals surface area contributed by atoms with E-state index in [2.05, 4.69) is 5.16 Å². The van der Waals surface area contributed by atoms with Gasteiger partial charge in [0.15, 0.2) is 17.3 Å². The molecule has 3 rings (SSSR count). The monoisotopic (exact) mass is 380 g/mol. The molecule has 1 fully saturated rings. The van der Waals surface area contributed by atoms with Crippen molar-refractivity contribution in [2.45, 2.75) is 31.7 Å². The summed E-state index contributed by atoms with van der Waals surface area (Å²) < 4.78 is 42.0. The summed E-state index contributed by atoms with van der Waals surface area (Å²) in [7, 11) is -0.155. The van der Waals surface area contributed by atoms with E-state index in [1.165, 1.54) is 10.6 Å². The maximum absolute atomic E-state index is 12.2. The second-order valence-electron chi connectivity index (χ2n) is 6.42. The van der Waals surface area contributed by atoms with E-state index in [1.807, 2.05) is 18.2 Å². The van der Waals surface area contributed by atoms with Crippen molar-refractivity contribution in [1.82, 2.24) is 9.46 Å². The summed E-state index contributed by atoms with van der Waals surface area (Å²) >= 11 is 0. The molecule has 2 heterocycles. The van der Waals surface area contributed by atoms with Crippen LogP contribution >= 0.6 is 0 Å². The van der Waals surface area contributed by atoms with Crippen molar-refractivity contribution in [2.75, 3.05) is 27.0 Å². The Morgan fingerprint density at radius 1 is 1.12 bits per heavy atom. The first-order valence-electron chi connectivity index (χ1n) is 8.60. The molecule has 2 aromatic rings. The second-order valence-corrected chi connectivity index (χ2v) is 8.36. The van der Waals surface area contributed by atoms with Crippen molar-refractivity contribution in [3.8, 4) is 22.8 Å². The highest BCUT2D eigenvalue weighted by Gasteiger charge is 2.31. The van der Waals surface area contributed by atoms with Crippen LogP contribution in [0.5, 0.6) is 11.5 Å². The summed E-state index contributed by atoms with van der Waals surface area (Å²) in [6, 6.07) is 6.99. The third kappa shape index (κ3) is 3.86. The van der Waals surface area contributed by atoms with Crippen molar-refractivity contribution in [3.05, 3.63) is 30.0 Å². The maximum atomic E-state index is 12.2. The molecule has 0 N–H and O–H groups in total. The van der Waals surface area contributed by atoms with Gasteiger partial charge in [-0.05, 0) is 31.0 Å². The predicted molar refractivity (Wildman–Crippen MR) is 97.8 cm³/mol. The molecule has 142 valence electrons. The quantitative estimate of drug-likeness (QED) is 0.792. The zero-order valence-electron chi connectivity index (χ0n) is 15.3. The average Bonchev–Trinajstić information content (AvgIpc) is 2.97. The van der Waals surface area contributed by atoms with E-state index in [9.17, 15) is 8.42 Å². The van der Waals surface area contributed by atoms with E-state index in [0.29, 0.717) is 29.5 Å². The molecule has 8 heteroatoms. The van der Waals surface area contributed by atoms with Crippen LogP contribution in [0.25, 0.3) is 11.3 Å². The molecule has 1 aromatic carbocycles. The minimum atomic E-state index is -3.31. The van der Waals surface area contributed by atoms with Gasteiger partial charge in [-0.1, -0.05) is 18.0 Å². The molecular formula is C18H24N2O5S. The van der Waals surface area contributed by atoms with E-state index in [-0.39, 0.29) is 6.04 Å². The normalized spacial score (nSPS) is 19.1. The van der Waals surface area contributed by atoms with Gasteiger partial charge in [-0.3, -0.25) is 0 Å². The summed E-state index contributed by atoms with van der Waals surface area (Å²) in [4.78, 5) is 0. The Morgan fingerprint density at radius 2 is 1.88 bits per heavy atom. The van der Waals surface area contributed by atoms with Gasteiger partial charge in [-0.15, -0.1) is 0 Å². The predicted octanol–water partition coefficient (Wildman–Crippen LogP) is 3.24. The number of nitrogens with zero attached hydrogens (tertiary/aromatic N) is 2. The minimum Gasteiger partial charge on any atom is -0.493 e. The zero-order chi connectivity index (χ0) is 18.7. The fourth-order valence-electron chi connectivity index (χ4n) is 3.35. The zero-order valence-corrected chi connectivity index (χ0v) is 16.1. The third-order valence-corrected chi connectivity index (χ3v) is 5.96. The Labute approximate surface area is 153 Å². The lowest BCUT2D eigenvalue weighted by Gasteiger charge is -2.25. The third-order valence-electron chi connectivity index (χ3n) is 4.67. The molecule has 1 saturated heterocycles. The standard InChI is InChI=1S/C18H24N2O5S/c1-23-16-9-8-13(11-18(16)24-2)17-12-14(19-25-17)15-7-5-4-6-10-20(15)26(3,21)22/h8-9,11-12,15H,4-7,10H2,1-3H3/t15-/m0/s1. The Bertz CT molecular complexity index is 862. The summed E-state index contributed by atoms with van der Waals surface area (Å²) in [5, 5.41) is 4.17. The second kappa shape index (κ2) is 7.67. The maximum Gasteiger partial charge on any atom is 0.211 e. The molecule has 1 aliphatic rings. The first-order chi connectivity index (χ1) is 12.4. The van der Waals surface area contributed by atoms with E-state index < -0.39 is 10.0 Å². The fraction of sp³-hybridized carbons (Fsp3) is 0.500. The number of ether oxygens (including phenoxy) is 2. The summed E-state index contributed by atoms with van der Waals surface area (Å²) in [5.74, 6) is 1.79. The van der Waals surface area contributed by atoms with Crippen LogP contribution in [0.1, 0.15) is 37.4 Å². The molecule has 1 atom stereocenters. The van der Waals surface area contributed by atoms with Gasteiger partial charge in [0.05, 0.1) is 26.5 Å². The van der Waals surface area contributed by atoms with Crippen molar-refractivity contribution in [3.63, 3.8) is 0 Å². The molecule has 0 saturated carbocycles. The molecule has 0 unspecified atom stereocenters. The number of aromatic nitrogens is 1. The van der Waals surface area contributed by atoms with Crippen LogP contribution in [0, 0.1) is 0 Å². The summed E-state index contributed by atoms with van der Waals surface area (Å²) in [5.41, 5.74) is 1.43. The largest absolute Gasteiger partial charge is 0.493 e. The van der Waals surface area contributed by atoms with Gasteiger partial charge in [0, 0.05) is 18.2 Å². The first-order valence-corrected chi connectivity index (χ1v) is 10.4. The van der Waals surface area contributed by atoms with Crippen LogP contribution in [0.4, 0.5) is 0 Å². The summed E-state index contributed by atoms with van der Waals surface area (Å²) in [6.07, 6.45) is 4.84. The number of hydrogen-bond acceptors (Lipinski definition) is 6. The van der Waals surface area contributed by atoms with Gasteiger partial charge in [-0.2, -0.15) is 4.31 Å². The highest BCUT2D eigenvalue weighted by Crippen LogP contribution is 2.36. The molecular weight excluding hydrogens is 356 g/mol. The number of rotatable bonds is 5. The fourth-order valence-corrected chi connectivity index (χ4v) is 4.48. The van der Waals surface area contributed by atoms with Gasteiger partial charge >= 0.3 is 0 Å².